The van der Waals surface area contributed by atoms with Gasteiger partial charge in [-0.05, 0) is 36.5 Å². The van der Waals surface area contributed by atoms with Gasteiger partial charge < -0.3 is 5.21 Å². The Hall–Kier alpha value is -0.930. The van der Waals surface area contributed by atoms with Crippen LogP contribution in [-0.4, -0.2) is 23.4 Å². The molecule has 1 heterocycles. The molecule has 1 fully saturated rings. The normalized spacial score (nSPS) is 19.9. The molecule has 76 valence electrons. The molecule has 0 unspecified atom stereocenters. The van der Waals surface area contributed by atoms with Crippen molar-refractivity contribution in [3.8, 4) is 0 Å². The molecule has 1 saturated heterocycles. The third-order valence-electron chi connectivity index (χ3n) is 2.81. The molecular weight excluding hydrogens is 181 g/mol. The highest BCUT2D eigenvalue weighted by Gasteiger charge is 2.18. The van der Waals surface area contributed by atoms with Gasteiger partial charge in [0.15, 0.2) is 0 Å². The monoisotopic (exact) mass is 195 g/mol. The Bertz CT molecular complexity index is 291. The van der Waals surface area contributed by atoms with Crippen LogP contribution in [0.4, 0.5) is 4.39 Å². The van der Waals surface area contributed by atoms with Crippen molar-refractivity contribution in [1.29, 1.82) is 0 Å². The van der Waals surface area contributed by atoms with E-state index in [-0.39, 0.29) is 5.82 Å². The van der Waals surface area contributed by atoms with E-state index >= 15 is 0 Å². The van der Waals surface area contributed by atoms with Gasteiger partial charge in [0.2, 0.25) is 0 Å². The molecule has 2 nitrogen and oxygen atoms in total. The maximum absolute atomic E-state index is 12.7. The van der Waals surface area contributed by atoms with Gasteiger partial charge in [-0.15, -0.1) is 0 Å². The number of hydroxylamine groups is 2. The topological polar surface area (TPSA) is 23.5 Å². The molecule has 1 N–H and O–H groups in total. The highest BCUT2D eigenvalue weighted by atomic mass is 19.1. The molecule has 1 aliphatic rings. The maximum atomic E-state index is 12.7. The number of benzene rings is 1. The van der Waals surface area contributed by atoms with Gasteiger partial charge in [-0.25, -0.2) is 4.39 Å². The average molecular weight is 195 g/mol. The third kappa shape index (κ3) is 2.11. The SMILES string of the molecule is ON1CCC(c2ccc(F)cc2)CC1. The van der Waals surface area contributed by atoms with Gasteiger partial charge in [0.25, 0.3) is 0 Å². The zero-order chi connectivity index (χ0) is 9.97. The second kappa shape index (κ2) is 4.07. The van der Waals surface area contributed by atoms with Crippen LogP contribution in [0.3, 0.4) is 0 Å². The summed E-state index contributed by atoms with van der Waals surface area (Å²) in [5, 5.41) is 10.5. The third-order valence-corrected chi connectivity index (χ3v) is 2.81. The van der Waals surface area contributed by atoms with E-state index in [2.05, 4.69) is 0 Å². The van der Waals surface area contributed by atoms with Crippen LogP contribution in [0.15, 0.2) is 24.3 Å². The highest BCUT2D eigenvalue weighted by molar-refractivity contribution is 5.20. The standard InChI is InChI=1S/C11H14FNO/c12-11-3-1-9(2-4-11)10-5-7-13(14)8-6-10/h1-4,10,14H,5-8H2. The Morgan fingerprint density at radius 2 is 1.71 bits per heavy atom. The first-order chi connectivity index (χ1) is 6.75. The molecule has 0 aromatic heterocycles. The lowest BCUT2D eigenvalue weighted by molar-refractivity contribution is -0.106. The van der Waals surface area contributed by atoms with Crippen molar-refractivity contribution in [2.75, 3.05) is 13.1 Å². The van der Waals surface area contributed by atoms with E-state index in [0.29, 0.717) is 19.0 Å². The molecule has 0 bridgehead atoms. The summed E-state index contributed by atoms with van der Waals surface area (Å²) in [6.07, 6.45) is 1.89. The fraction of sp³-hybridized carbons (Fsp3) is 0.455. The minimum atomic E-state index is -0.187. The average Bonchev–Trinajstić information content (AvgIpc) is 2.21. The van der Waals surface area contributed by atoms with E-state index in [1.54, 1.807) is 0 Å². The Balaban J connectivity index is 2.05. The second-order valence-corrected chi connectivity index (χ2v) is 3.78. The number of rotatable bonds is 1. The van der Waals surface area contributed by atoms with Crippen LogP contribution in [-0.2, 0) is 0 Å². The van der Waals surface area contributed by atoms with Crippen LogP contribution in [0.2, 0.25) is 0 Å². The van der Waals surface area contributed by atoms with E-state index in [9.17, 15) is 9.60 Å². The lowest BCUT2D eigenvalue weighted by Gasteiger charge is -2.27. The van der Waals surface area contributed by atoms with E-state index in [1.165, 1.54) is 22.8 Å². The lowest BCUT2D eigenvalue weighted by atomic mass is 9.90. The van der Waals surface area contributed by atoms with Crippen molar-refractivity contribution < 1.29 is 9.60 Å². The molecule has 3 heteroatoms. The first-order valence-electron chi connectivity index (χ1n) is 4.95. The van der Waals surface area contributed by atoms with Gasteiger partial charge in [-0.2, -0.15) is 5.06 Å². The lowest BCUT2D eigenvalue weighted by Crippen LogP contribution is -2.29. The number of hydrogen-bond acceptors (Lipinski definition) is 2. The van der Waals surface area contributed by atoms with Gasteiger partial charge in [-0.3, -0.25) is 0 Å². The fourth-order valence-corrected chi connectivity index (χ4v) is 1.93. The van der Waals surface area contributed by atoms with Crippen LogP contribution in [0, 0.1) is 5.82 Å². The summed E-state index contributed by atoms with van der Waals surface area (Å²) in [4.78, 5) is 0. The summed E-state index contributed by atoms with van der Waals surface area (Å²) in [7, 11) is 0. The summed E-state index contributed by atoms with van der Waals surface area (Å²) in [5.41, 5.74) is 1.18. The predicted octanol–water partition coefficient (Wildman–Crippen LogP) is 2.39. The van der Waals surface area contributed by atoms with Gasteiger partial charge in [0, 0.05) is 13.1 Å². The molecule has 0 amide bonds. The first-order valence-corrected chi connectivity index (χ1v) is 4.95. The molecule has 1 aromatic rings. The van der Waals surface area contributed by atoms with Crippen LogP contribution in [0.25, 0.3) is 0 Å². The van der Waals surface area contributed by atoms with Crippen LogP contribution < -0.4 is 0 Å². The van der Waals surface area contributed by atoms with Gasteiger partial charge in [0.05, 0.1) is 0 Å². The number of halogens is 1. The number of hydrogen-bond donors (Lipinski definition) is 1. The van der Waals surface area contributed by atoms with Gasteiger partial charge in [-0.1, -0.05) is 12.1 Å². The van der Waals surface area contributed by atoms with Crippen molar-refractivity contribution in [2.45, 2.75) is 18.8 Å². The number of piperidine rings is 1. The smallest absolute Gasteiger partial charge is 0.123 e. The van der Waals surface area contributed by atoms with Gasteiger partial charge >= 0.3 is 0 Å². The Morgan fingerprint density at radius 3 is 2.29 bits per heavy atom. The van der Waals surface area contributed by atoms with Crippen LogP contribution in [0.5, 0.6) is 0 Å². The van der Waals surface area contributed by atoms with E-state index < -0.39 is 0 Å². The van der Waals surface area contributed by atoms with Crippen LogP contribution in [0.1, 0.15) is 24.3 Å². The molecule has 14 heavy (non-hydrogen) atoms. The zero-order valence-electron chi connectivity index (χ0n) is 7.99. The van der Waals surface area contributed by atoms with E-state index in [4.69, 9.17) is 0 Å². The van der Waals surface area contributed by atoms with Crippen molar-refractivity contribution in [3.05, 3.63) is 35.6 Å². The van der Waals surface area contributed by atoms with Gasteiger partial charge in [0.1, 0.15) is 5.82 Å². The maximum Gasteiger partial charge on any atom is 0.123 e. The summed E-state index contributed by atoms with van der Waals surface area (Å²) in [5.74, 6) is 0.285. The minimum absolute atomic E-state index is 0.187. The highest BCUT2D eigenvalue weighted by Crippen LogP contribution is 2.27. The largest absolute Gasteiger partial charge is 0.314 e. The van der Waals surface area contributed by atoms with Crippen molar-refractivity contribution >= 4 is 0 Å². The molecular formula is C11H14FNO. The molecule has 1 aromatic carbocycles. The summed E-state index contributed by atoms with van der Waals surface area (Å²) < 4.78 is 12.7. The molecule has 0 aliphatic carbocycles. The molecule has 2 rings (SSSR count). The van der Waals surface area contributed by atoms with Crippen molar-refractivity contribution in [2.24, 2.45) is 0 Å². The second-order valence-electron chi connectivity index (χ2n) is 3.78. The number of nitrogens with zero attached hydrogens (tertiary/aromatic N) is 1. The molecule has 0 atom stereocenters. The molecule has 0 radical (unpaired) electrons. The summed E-state index contributed by atoms with van der Waals surface area (Å²) in [6, 6.07) is 6.68. The van der Waals surface area contributed by atoms with Crippen LogP contribution >= 0.6 is 0 Å². The quantitative estimate of drug-likeness (QED) is 0.743. The van der Waals surface area contributed by atoms with E-state index in [1.807, 2.05) is 12.1 Å². The minimum Gasteiger partial charge on any atom is -0.314 e. The van der Waals surface area contributed by atoms with Crippen molar-refractivity contribution in [1.82, 2.24) is 5.06 Å². The van der Waals surface area contributed by atoms with Crippen molar-refractivity contribution in [3.63, 3.8) is 0 Å². The molecule has 0 saturated carbocycles. The Morgan fingerprint density at radius 1 is 1.14 bits per heavy atom. The Kier molecular flexibility index (Phi) is 2.79. The Labute approximate surface area is 82.9 Å². The first kappa shape index (κ1) is 9.62. The summed E-state index contributed by atoms with van der Waals surface area (Å²) >= 11 is 0. The van der Waals surface area contributed by atoms with E-state index in [0.717, 1.165) is 12.8 Å². The molecule has 0 spiro atoms. The fourth-order valence-electron chi connectivity index (χ4n) is 1.93. The summed E-state index contributed by atoms with van der Waals surface area (Å²) in [6.45, 7) is 1.42. The molecule has 1 aliphatic heterocycles. The predicted molar refractivity (Wildman–Crippen MR) is 51.7 cm³/mol. The zero-order valence-corrected chi connectivity index (χ0v) is 7.99.